The van der Waals surface area contributed by atoms with E-state index in [9.17, 15) is 21.9 Å². The summed E-state index contributed by atoms with van der Waals surface area (Å²) in [5.41, 5.74) is -0.408. The SMILES string of the molecule is CNS(=O)(=O)c1cccc(OC[C@@H](O)CNC2COC3(CCN(S(=O)(=O)c4cc(Cl)c(Cl)s4)CC3)C2)c1. The van der Waals surface area contributed by atoms with Crippen LogP contribution in [0.2, 0.25) is 9.36 Å². The van der Waals surface area contributed by atoms with Crippen molar-refractivity contribution in [3.05, 3.63) is 39.7 Å². The molecule has 0 bridgehead atoms. The number of aliphatic hydroxyl groups excluding tert-OH is 1. The fourth-order valence-corrected chi connectivity index (χ4v) is 8.68. The van der Waals surface area contributed by atoms with Crippen molar-refractivity contribution in [3.63, 3.8) is 0 Å². The number of ether oxygens (including phenoxy) is 2. The molecule has 2 fully saturated rings. The molecule has 0 amide bonds. The van der Waals surface area contributed by atoms with Gasteiger partial charge in [0.05, 0.1) is 22.1 Å². The molecule has 15 heteroatoms. The van der Waals surface area contributed by atoms with Gasteiger partial charge in [-0.25, -0.2) is 21.6 Å². The van der Waals surface area contributed by atoms with Crippen molar-refractivity contribution in [1.82, 2.24) is 14.3 Å². The van der Waals surface area contributed by atoms with Crippen molar-refractivity contribution < 1.29 is 31.4 Å². The monoisotopic (exact) mass is 613 g/mol. The summed E-state index contributed by atoms with van der Waals surface area (Å²) < 4.78 is 65.5. The highest BCUT2D eigenvalue weighted by Crippen LogP contribution is 2.40. The molecule has 0 saturated carbocycles. The molecule has 0 aliphatic carbocycles. The fraction of sp³-hybridized carbons (Fsp3) is 0.545. The van der Waals surface area contributed by atoms with Gasteiger partial charge in [-0.05, 0) is 44.5 Å². The maximum atomic E-state index is 12.9. The maximum absolute atomic E-state index is 12.9. The standard InChI is InChI=1S/C22H29Cl2N3O7S3/c1-25-36(29,30)18-4-2-3-17(9-18)33-14-16(28)12-26-15-11-22(34-13-15)5-7-27(8-6-22)37(31,32)20-10-19(23)21(24)35-20/h2-4,9-10,15-16,25-26,28H,5-8,11-14H2,1H3/t15?,16-/m0/s1. The van der Waals surface area contributed by atoms with Gasteiger partial charge in [0.15, 0.2) is 0 Å². The normalized spacial score (nSPS) is 21.4. The quantitative estimate of drug-likeness (QED) is 0.372. The molecule has 2 aromatic rings. The molecule has 2 aliphatic heterocycles. The first kappa shape index (κ1) is 29.0. The number of nitrogens with zero attached hydrogens (tertiary/aromatic N) is 1. The molecule has 2 aliphatic rings. The van der Waals surface area contributed by atoms with E-state index in [1.165, 1.54) is 29.6 Å². The molecule has 2 saturated heterocycles. The minimum absolute atomic E-state index is 0.0109. The van der Waals surface area contributed by atoms with E-state index in [0.717, 1.165) is 11.3 Å². The van der Waals surface area contributed by atoms with E-state index in [4.69, 9.17) is 32.7 Å². The van der Waals surface area contributed by atoms with Crippen molar-refractivity contribution in [2.24, 2.45) is 0 Å². The Labute approximate surface area is 231 Å². The van der Waals surface area contributed by atoms with Crippen LogP contribution in [0.15, 0.2) is 39.4 Å². The summed E-state index contributed by atoms with van der Waals surface area (Å²) in [6.07, 6.45) is 1.01. The summed E-state index contributed by atoms with van der Waals surface area (Å²) in [7, 11) is -5.91. The fourth-order valence-electron chi connectivity index (χ4n) is 4.44. The molecule has 3 heterocycles. The Kier molecular flexibility index (Phi) is 9.11. The van der Waals surface area contributed by atoms with E-state index < -0.39 is 31.8 Å². The van der Waals surface area contributed by atoms with Gasteiger partial charge in [-0.3, -0.25) is 0 Å². The van der Waals surface area contributed by atoms with Gasteiger partial charge in [0, 0.05) is 31.7 Å². The lowest BCUT2D eigenvalue weighted by Gasteiger charge is -2.37. The van der Waals surface area contributed by atoms with E-state index >= 15 is 0 Å². The average molecular weight is 615 g/mol. The second kappa shape index (κ2) is 11.6. The third-order valence-corrected chi connectivity index (χ3v) is 12.2. The lowest BCUT2D eigenvalue weighted by atomic mass is 9.88. The first-order chi connectivity index (χ1) is 17.4. The van der Waals surface area contributed by atoms with Crippen LogP contribution in [0.25, 0.3) is 0 Å². The zero-order valence-corrected chi connectivity index (χ0v) is 24.0. The summed E-state index contributed by atoms with van der Waals surface area (Å²) in [6, 6.07) is 7.44. The molecule has 1 aromatic carbocycles. The summed E-state index contributed by atoms with van der Waals surface area (Å²) >= 11 is 12.8. The molecule has 0 radical (unpaired) electrons. The van der Waals surface area contributed by atoms with Gasteiger partial charge in [-0.2, -0.15) is 4.31 Å². The molecule has 2 atom stereocenters. The van der Waals surface area contributed by atoms with Crippen LogP contribution in [0.4, 0.5) is 0 Å². The van der Waals surface area contributed by atoms with Crippen LogP contribution in [0, 0.1) is 0 Å². The van der Waals surface area contributed by atoms with E-state index in [1.807, 2.05) is 0 Å². The second-order valence-corrected chi connectivity index (χ2v) is 15.2. The minimum atomic E-state index is -3.66. The van der Waals surface area contributed by atoms with E-state index in [-0.39, 0.29) is 37.7 Å². The number of halogens is 2. The third-order valence-electron chi connectivity index (χ3n) is 6.53. The molecule has 10 nitrogen and oxygen atoms in total. The Balaban J connectivity index is 1.23. The Bertz CT molecular complexity index is 1290. The van der Waals surface area contributed by atoms with Crippen LogP contribution in [-0.2, 0) is 24.8 Å². The number of aliphatic hydroxyl groups is 1. The van der Waals surface area contributed by atoms with Crippen molar-refractivity contribution >= 4 is 54.6 Å². The Morgan fingerprint density at radius 1 is 1.24 bits per heavy atom. The largest absolute Gasteiger partial charge is 0.491 e. The van der Waals surface area contributed by atoms with Crippen LogP contribution in [0.3, 0.4) is 0 Å². The van der Waals surface area contributed by atoms with Crippen LogP contribution in [0.1, 0.15) is 19.3 Å². The average Bonchev–Trinajstić information content (AvgIpc) is 3.44. The van der Waals surface area contributed by atoms with Gasteiger partial charge < -0.3 is 19.9 Å². The summed E-state index contributed by atoms with van der Waals surface area (Å²) in [4.78, 5) is 0.0790. The van der Waals surface area contributed by atoms with Crippen LogP contribution < -0.4 is 14.8 Å². The summed E-state index contributed by atoms with van der Waals surface area (Å²) in [6.45, 7) is 1.37. The van der Waals surface area contributed by atoms with Gasteiger partial charge in [-0.1, -0.05) is 29.3 Å². The first-order valence-electron chi connectivity index (χ1n) is 11.6. The summed E-state index contributed by atoms with van der Waals surface area (Å²) in [5, 5.41) is 13.9. The van der Waals surface area contributed by atoms with Crippen molar-refractivity contribution in [2.45, 2.75) is 46.1 Å². The second-order valence-electron chi connectivity index (χ2n) is 9.04. The lowest BCUT2D eigenvalue weighted by Crippen LogP contribution is -2.47. The molecule has 37 heavy (non-hydrogen) atoms. The zero-order chi connectivity index (χ0) is 26.8. The molecular weight excluding hydrogens is 585 g/mol. The van der Waals surface area contributed by atoms with Crippen LogP contribution >= 0.6 is 34.5 Å². The number of thiophene rings is 1. The Morgan fingerprint density at radius 3 is 2.62 bits per heavy atom. The topological polar surface area (TPSA) is 134 Å². The highest BCUT2D eigenvalue weighted by molar-refractivity contribution is 7.91. The van der Waals surface area contributed by atoms with Gasteiger partial charge in [-0.15, -0.1) is 11.3 Å². The number of hydrogen-bond donors (Lipinski definition) is 3. The van der Waals surface area contributed by atoms with Gasteiger partial charge >= 0.3 is 0 Å². The minimum Gasteiger partial charge on any atom is -0.491 e. The summed E-state index contributed by atoms with van der Waals surface area (Å²) in [5.74, 6) is 0.340. The van der Waals surface area contributed by atoms with Gasteiger partial charge in [0.25, 0.3) is 10.0 Å². The predicted octanol–water partition coefficient (Wildman–Crippen LogP) is 2.30. The number of hydrogen-bond acceptors (Lipinski definition) is 9. The van der Waals surface area contributed by atoms with Gasteiger partial charge in [0.1, 0.15) is 27.0 Å². The van der Waals surface area contributed by atoms with Crippen LogP contribution in [0.5, 0.6) is 5.75 Å². The molecule has 3 N–H and O–H groups in total. The molecule has 206 valence electrons. The van der Waals surface area contributed by atoms with E-state index in [1.54, 1.807) is 12.1 Å². The molecule has 1 spiro atoms. The van der Waals surface area contributed by atoms with Crippen molar-refractivity contribution in [1.29, 1.82) is 0 Å². The van der Waals surface area contributed by atoms with E-state index in [2.05, 4.69) is 10.0 Å². The predicted molar refractivity (Wildman–Crippen MR) is 142 cm³/mol. The Morgan fingerprint density at radius 2 is 1.97 bits per heavy atom. The Hall–Kier alpha value is -1.000. The maximum Gasteiger partial charge on any atom is 0.252 e. The molecule has 1 aromatic heterocycles. The molecule has 4 rings (SSSR count). The third kappa shape index (κ3) is 6.78. The molecule has 1 unspecified atom stereocenters. The molecular formula is C22H29Cl2N3O7S3. The number of rotatable bonds is 10. The van der Waals surface area contributed by atoms with Gasteiger partial charge in [0.2, 0.25) is 10.0 Å². The highest BCUT2D eigenvalue weighted by atomic mass is 35.5. The smallest absolute Gasteiger partial charge is 0.252 e. The van der Waals surface area contributed by atoms with Crippen molar-refractivity contribution in [2.75, 3.05) is 39.9 Å². The highest BCUT2D eigenvalue weighted by Gasteiger charge is 2.45. The van der Waals surface area contributed by atoms with Crippen LogP contribution in [-0.4, -0.2) is 83.9 Å². The number of piperidine rings is 1. The first-order valence-corrected chi connectivity index (χ1v) is 16.1. The zero-order valence-electron chi connectivity index (χ0n) is 20.0. The van der Waals surface area contributed by atoms with Crippen molar-refractivity contribution in [3.8, 4) is 5.75 Å². The number of benzene rings is 1. The lowest BCUT2D eigenvalue weighted by molar-refractivity contribution is -0.0311. The number of nitrogens with one attached hydrogen (secondary N) is 2. The number of sulfonamides is 2. The van der Waals surface area contributed by atoms with E-state index in [0.29, 0.717) is 44.7 Å².